The Kier molecular flexibility index (Phi) is 4.38. The average Bonchev–Trinajstić information content (AvgIpc) is 2.39. The maximum absolute atomic E-state index is 13.3. The monoisotopic (exact) mass is 332 g/mol. The minimum absolute atomic E-state index is 0.143. The second-order valence-corrected chi connectivity index (χ2v) is 5.11. The van der Waals surface area contributed by atoms with Crippen LogP contribution in [0.2, 0.25) is 15.1 Å². The fourth-order valence-corrected chi connectivity index (χ4v) is 2.25. The fraction of sp³-hybridized carbons (Fsp3) is 0. The molecule has 0 aliphatic heterocycles. The van der Waals surface area contributed by atoms with Crippen molar-refractivity contribution in [1.82, 2.24) is 0 Å². The Morgan fingerprint density at radius 2 is 1.75 bits per heavy atom. The number of hydrogen-bond acceptors (Lipinski definition) is 2. The first-order valence-corrected chi connectivity index (χ1v) is 6.53. The second kappa shape index (κ2) is 5.87. The van der Waals surface area contributed by atoms with Crippen LogP contribution in [-0.4, -0.2) is 5.91 Å². The highest BCUT2D eigenvalue weighted by molar-refractivity contribution is 6.37. The van der Waals surface area contributed by atoms with Gasteiger partial charge < -0.3 is 11.1 Å². The molecule has 0 aliphatic carbocycles. The number of carbonyl (C=O) groups excluding carboxylic acids is 1. The summed E-state index contributed by atoms with van der Waals surface area (Å²) in [5.74, 6) is -1.24. The van der Waals surface area contributed by atoms with Crippen LogP contribution in [-0.2, 0) is 0 Å². The van der Waals surface area contributed by atoms with Gasteiger partial charge in [-0.15, -0.1) is 0 Å². The van der Waals surface area contributed by atoms with Gasteiger partial charge in [0.05, 0.1) is 26.3 Å². The Hall–Kier alpha value is -1.49. The van der Waals surface area contributed by atoms with Crippen molar-refractivity contribution in [2.24, 2.45) is 0 Å². The van der Waals surface area contributed by atoms with Crippen LogP contribution in [0.25, 0.3) is 0 Å². The van der Waals surface area contributed by atoms with E-state index in [1.807, 2.05) is 0 Å². The molecule has 3 N–H and O–H groups in total. The number of nitrogens with two attached hydrogens (primary N) is 1. The number of halogens is 4. The number of nitrogen functional groups attached to an aromatic ring is 1. The molecule has 20 heavy (non-hydrogen) atoms. The quantitative estimate of drug-likeness (QED) is 0.622. The highest BCUT2D eigenvalue weighted by Gasteiger charge is 2.14. The SMILES string of the molecule is Nc1cccc(C(=O)Nc2cc(Cl)c(F)c(Cl)c2)c1Cl. The van der Waals surface area contributed by atoms with Crippen molar-refractivity contribution in [2.75, 3.05) is 11.1 Å². The highest BCUT2D eigenvalue weighted by atomic mass is 35.5. The zero-order valence-corrected chi connectivity index (χ0v) is 12.2. The predicted octanol–water partition coefficient (Wildman–Crippen LogP) is 4.62. The Balaban J connectivity index is 2.30. The highest BCUT2D eigenvalue weighted by Crippen LogP contribution is 2.28. The van der Waals surface area contributed by atoms with Gasteiger partial charge in [0.25, 0.3) is 5.91 Å². The molecule has 104 valence electrons. The van der Waals surface area contributed by atoms with E-state index in [0.717, 1.165) is 0 Å². The largest absolute Gasteiger partial charge is 0.398 e. The molecule has 0 bridgehead atoms. The minimum Gasteiger partial charge on any atom is -0.398 e. The van der Waals surface area contributed by atoms with Gasteiger partial charge >= 0.3 is 0 Å². The molecule has 2 aromatic rings. The molecular formula is C13H8Cl3FN2O. The van der Waals surface area contributed by atoms with E-state index in [1.165, 1.54) is 18.2 Å². The Morgan fingerprint density at radius 1 is 1.15 bits per heavy atom. The molecule has 0 saturated heterocycles. The number of benzene rings is 2. The van der Waals surface area contributed by atoms with Crippen LogP contribution in [0.15, 0.2) is 30.3 Å². The zero-order chi connectivity index (χ0) is 14.9. The van der Waals surface area contributed by atoms with Crippen molar-refractivity contribution in [1.29, 1.82) is 0 Å². The Bertz CT molecular complexity index is 668. The summed E-state index contributed by atoms with van der Waals surface area (Å²) in [4.78, 5) is 12.1. The van der Waals surface area contributed by atoms with E-state index >= 15 is 0 Å². The normalized spacial score (nSPS) is 10.4. The summed E-state index contributed by atoms with van der Waals surface area (Å²) in [7, 11) is 0. The van der Waals surface area contributed by atoms with Crippen molar-refractivity contribution in [2.45, 2.75) is 0 Å². The summed E-state index contributed by atoms with van der Waals surface area (Å²) in [6.07, 6.45) is 0. The number of carbonyl (C=O) groups is 1. The predicted molar refractivity (Wildman–Crippen MR) is 80.2 cm³/mol. The van der Waals surface area contributed by atoms with Crippen LogP contribution in [0.5, 0.6) is 0 Å². The van der Waals surface area contributed by atoms with Gasteiger partial charge in [0, 0.05) is 5.69 Å². The lowest BCUT2D eigenvalue weighted by atomic mass is 10.2. The maximum atomic E-state index is 13.3. The number of rotatable bonds is 2. The molecule has 2 rings (SSSR count). The average molecular weight is 334 g/mol. The van der Waals surface area contributed by atoms with Crippen LogP contribution in [0, 0.1) is 5.82 Å². The topological polar surface area (TPSA) is 55.1 Å². The Labute approximate surface area is 129 Å². The summed E-state index contributed by atoms with van der Waals surface area (Å²) in [5, 5.41) is 2.29. The number of amides is 1. The van der Waals surface area contributed by atoms with E-state index in [9.17, 15) is 9.18 Å². The second-order valence-electron chi connectivity index (χ2n) is 3.92. The lowest BCUT2D eigenvalue weighted by Gasteiger charge is -2.09. The van der Waals surface area contributed by atoms with Gasteiger partial charge in [-0.25, -0.2) is 4.39 Å². The number of hydrogen-bond donors (Lipinski definition) is 2. The first-order chi connectivity index (χ1) is 9.40. The van der Waals surface area contributed by atoms with E-state index in [1.54, 1.807) is 12.1 Å². The summed E-state index contributed by atoms with van der Waals surface area (Å²) in [6.45, 7) is 0. The van der Waals surface area contributed by atoms with E-state index in [4.69, 9.17) is 40.5 Å². The first-order valence-electron chi connectivity index (χ1n) is 5.40. The van der Waals surface area contributed by atoms with Gasteiger partial charge in [0.15, 0.2) is 5.82 Å². The van der Waals surface area contributed by atoms with Gasteiger partial charge in [-0.05, 0) is 24.3 Å². The van der Waals surface area contributed by atoms with E-state index in [2.05, 4.69) is 5.32 Å². The molecule has 0 aliphatic rings. The first kappa shape index (κ1) is 14.9. The van der Waals surface area contributed by atoms with Gasteiger partial charge in [-0.3, -0.25) is 4.79 Å². The van der Waals surface area contributed by atoms with Gasteiger partial charge in [-0.1, -0.05) is 40.9 Å². The van der Waals surface area contributed by atoms with E-state index in [0.29, 0.717) is 0 Å². The van der Waals surface area contributed by atoms with Crippen LogP contribution >= 0.6 is 34.8 Å². The van der Waals surface area contributed by atoms with Crippen LogP contribution in [0.3, 0.4) is 0 Å². The maximum Gasteiger partial charge on any atom is 0.257 e. The lowest BCUT2D eigenvalue weighted by molar-refractivity contribution is 0.102. The lowest BCUT2D eigenvalue weighted by Crippen LogP contribution is -2.13. The molecule has 2 aromatic carbocycles. The third-order valence-electron chi connectivity index (χ3n) is 2.51. The zero-order valence-electron chi connectivity index (χ0n) is 9.88. The summed E-state index contributed by atoms with van der Waals surface area (Å²) < 4.78 is 13.3. The van der Waals surface area contributed by atoms with E-state index in [-0.39, 0.29) is 32.0 Å². The molecule has 0 unspecified atom stereocenters. The third-order valence-corrected chi connectivity index (χ3v) is 3.49. The van der Waals surface area contributed by atoms with E-state index < -0.39 is 11.7 Å². The standard InChI is InChI=1S/C13H8Cl3FN2O/c14-8-4-6(5-9(15)12(8)17)19-13(20)7-2-1-3-10(18)11(7)16/h1-5H,18H2,(H,19,20). The van der Waals surface area contributed by atoms with Crippen molar-refractivity contribution < 1.29 is 9.18 Å². The minimum atomic E-state index is -0.742. The number of anilines is 2. The van der Waals surface area contributed by atoms with Crippen molar-refractivity contribution >= 4 is 52.1 Å². The third kappa shape index (κ3) is 2.98. The summed E-state index contributed by atoms with van der Waals surface area (Å²) >= 11 is 17.2. The van der Waals surface area contributed by atoms with Crippen molar-refractivity contribution in [3.05, 3.63) is 56.8 Å². The smallest absolute Gasteiger partial charge is 0.257 e. The summed E-state index contributed by atoms with van der Waals surface area (Å²) in [5.41, 5.74) is 6.35. The van der Waals surface area contributed by atoms with Crippen LogP contribution in [0.1, 0.15) is 10.4 Å². The molecule has 0 spiro atoms. The van der Waals surface area contributed by atoms with Crippen LogP contribution < -0.4 is 11.1 Å². The van der Waals surface area contributed by atoms with Crippen molar-refractivity contribution in [3.63, 3.8) is 0 Å². The molecule has 7 heteroatoms. The molecule has 0 fully saturated rings. The number of nitrogens with one attached hydrogen (secondary N) is 1. The summed E-state index contributed by atoms with van der Waals surface area (Å²) in [6, 6.07) is 7.19. The molecule has 3 nitrogen and oxygen atoms in total. The fourth-order valence-electron chi connectivity index (χ4n) is 1.55. The van der Waals surface area contributed by atoms with Gasteiger partial charge in [0.1, 0.15) is 0 Å². The Morgan fingerprint density at radius 3 is 2.35 bits per heavy atom. The molecule has 0 atom stereocenters. The molecule has 0 saturated carbocycles. The van der Waals surface area contributed by atoms with Gasteiger partial charge in [-0.2, -0.15) is 0 Å². The van der Waals surface area contributed by atoms with Gasteiger partial charge in [0.2, 0.25) is 0 Å². The van der Waals surface area contributed by atoms with Crippen LogP contribution in [0.4, 0.5) is 15.8 Å². The molecule has 1 amide bonds. The molecular weight excluding hydrogens is 326 g/mol. The molecule has 0 heterocycles. The van der Waals surface area contributed by atoms with Crippen molar-refractivity contribution in [3.8, 4) is 0 Å². The molecule has 0 aromatic heterocycles. The molecule has 0 radical (unpaired) electrons.